The van der Waals surface area contributed by atoms with Gasteiger partial charge in [-0.1, -0.05) is 12.1 Å². The molecule has 6 heteroatoms. The van der Waals surface area contributed by atoms with Crippen molar-refractivity contribution in [1.82, 2.24) is 20.0 Å². The maximum Gasteiger partial charge on any atom is 0.0897 e. The Hall–Kier alpha value is -1.27. The number of aromatic nitrogens is 4. The maximum atomic E-state index is 6.17. The summed E-state index contributed by atoms with van der Waals surface area (Å²) >= 11 is 1.62. The smallest absolute Gasteiger partial charge is 0.0897 e. The lowest BCUT2D eigenvalue weighted by molar-refractivity contribution is 0.545. The van der Waals surface area contributed by atoms with Gasteiger partial charge < -0.3 is 5.73 Å². The molecule has 0 fully saturated rings. The summed E-state index contributed by atoms with van der Waals surface area (Å²) in [6.07, 6.45) is 4.58. The molecule has 5 nitrogen and oxygen atoms in total. The summed E-state index contributed by atoms with van der Waals surface area (Å²) in [5.41, 5.74) is 7.12. The molecule has 1 unspecified atom stereocenters. The van der Waals surface area contributed by atoms with Crippen LogP contribution in [-0.2, 0) is 6.54 Å². The fourth-order valence-electron chi connectivity index (χ4n) is 1.56. The second-order valence-corrected chi connectivity index (χ2v) is 4.91. The maximum absolute atomic E-state index is 6.17. The summed E-state index contributed by atoms with van der Waals surface area (Å²) in [5.74, 6) is 0. The van der Waals surface area contributed by atoms with Crippen LogP contribution < -0.4 is 5.73 Å². The van der Waals surface area contributed by atoms with E-state index in [4.69, 9.17) is 5.73 Å². The molecule has 0 radical (unpaired) electrons. The van der Waals surface area contributed by atoms with E-state index < -0.39 is 0 Å². The highest BCUT2D eigenvalue weighted by Crippen LogP contribution is 2.23. The second-order valence-electron chi connectivity index (χ2n) is 3.64. The highest BCUT2D eigenvalue weighted by molar-refractivity contribution is 7.11. The van der Waals surface area contributed by atoms with Gasteiger partial charge in [0.25, 0.3) is 0 Å². The molecule has 0 aliphatic heterocycles. The van der Waals surface area contributed by atoms with Crippen molar-refractivity contribution in [3.8, 4) is 0 Å². The van der Waals surface area contributed by atoms with Gasteiger partial charge in [-0.2, -0.15) is 0 Å². The summed E-state index contributed by atoms with van der Waals surface area (Å²) < 4.78 is 1.86. The predicted octanol–water partition coefficient (Wildman–Crippen LogP) is 1.50. The van der Waals surface area contributed by atoms with E-state index in [9.17, 15) is 0 Å². The van der Waals surface area contributed by atoms with Crippen molar-refractivity contribution in [1.29, 1.82) is 0 Å². The number of hydrogen-bond donors (Lipinski definition) is 1. The summed E-state index contributed by atoms with van der Waals surface area (Å²) in [6.45, 7) is 4.93. The number of aryl methyl sites for hydroxylation is 2. The topological polar surface area (TPSA) is 69.6 Å². The third-order valence-electron chi connectivity index (χ3n) is 2.35. The first-order valence-electron chi connectivity index (χ1n) is 5.28. The molecule has 16 heavy (non-hydrogen) atoms. The van der Waals surface area contributed by atoms with Crippen molar-refractivity contribution in [2.75, 3.05) is 0 Å². The van der Waals surface area contributed by atoms with Gasteiger partial charge in [-0.15, -0.1) is 16.4 Å². The van der Waals surface area contributed by atoms with E-state index in [0.29, 0.717) is 0 Å². The highest BCUT2D eigenvalue weighted by Gasteiger charge is 2.16. The van der Waals surface area contributed by atoms with Crippen molar-refractivity contribution >= 4 is 11.3 Å². The normalized spacial score (nSPS) is 12.9. The van der Waals surface area contributed by atoms with Crippen molar-refractivity contribution in [2.24, 2.45) is 5.73 Å². The van der Waals surface area contributed by atoms with Gasteiger partial charge in [0.05, 0.1) is 22.9 Å². The van der Waals surface area contributed by atoms with Gasteiger partial charge in [-0.25, -0.2) is 9.67 Å². The molecule has 2 N–H and O–H groups in total. The first-order valence-corrected chi connectivity index (χ1v) is 6.10. The summed E-state index contributed by atoms with van der Waals surface area (Å²) in [5, 5.41) is 8.97. The number of thiazole rings is 1. The van der Waals surface area contributed by atoms with E-state index in [1.165, 1.54) is 0 Å². The molecule has 0 bridgehead atoms. The summed E-state index contributed by atoms with van der Waals surface area (Å²) in [7, 11) is 0. The molecule has 86 valence electrons. The van der Waals surface area contributed by atoms with Crippen LogP contribution in [0.5, 0.6) is 0 Å². The largest absolute Gasteiger partial charge is 0.318 e. The van der Waals surface area contributed by atoms with Gasteiger partial charge in [-0.3, -0.25) is 0 Å². The van der Waals surface area contributed by atoms with Crippen LogP contribution >= 0.6 is 11.3 Å². The Kier molecular flexibility index (Phi) is 3.31. The monoisotopic (exact) mass is 237 g/mol. The lowest BCUT2D eigenvalue weighted by atomic mass is 10.2. The predicted molar refractivity (Wildman–Crippen MR) is 63.2 cm³/mol. The van der Waals surface area contributed by atoms with Crippen LogP contribution in [0.2, 0.25) is 0 Å². The van der Waals surface area contributed by atoms with E-state index in [1.807, 2.05) is 17.8 Å². The molecule has 0 aromatic carbocycles. The van der Waals surface area contributed by atoms with Crippen LogP contribution in [0.3, 0.4) is 0 Å². The zero-order valence-corrected chi connectivity index (χ0v) is 10.2. The standard InChI is InChI=1S/C10H15N5S/c1-3-4-15-8(5-13-14-15)10(11)9-6-12-7(2)16-9/h5-6,10H,3-4,11H2,1-2H3. The van der Waals surface area contributed by atoms with Gasteiger partial charge in [0.15, 0.2) is 0 Å². The Labute approximate surface area is 98.3 Å². The molecule has 2 heterocycles. The molecule has 2 aromatic heterocycles. The fraction of sp³-hybridized carbons (Fsp3) is 0.500. The lowest BCUT2D eigenvalue weighted by Crippen LogP contribution is -2.16. The van der Waals surface area contributed by atoms with Gasteiger partial charge in [0.1, 0.15) is 0 Å². The van der Waals surface area contributed by atoms with Crippen LogP contribution in [0.4, 0.5) is 0 Å². The Morgan fingerprint density at radius 3 is 2.94 bits per heavy atom. The zero-order chi connectivity index (χ0) is 11.5. The third-order valence-corrected chi connectivity index (χ3v) is 3.34. The number of rotatable bonds is 4. The zero-order valence-electron chi connectivity index (χ0n) is 9.42. The van der Waals surface area contributed by atoms with Gasteiger partial charge in [0.2, 0.25) is 0 Å². The average Bonchev–Trinajstić information content (AvgIpc) is 2.87. The van der Waals surface area contributed by atoms with Crippen LogP contribution in [0, 0.1) is 6.92 Å². The molecular formula is C10H15N5S. The molecule has 0 amide bonds. The van der Waals surface area contributed by atoms with Crippen molar-refractivity contribution in [3.05, 3.63) is 28.0 Å². The summed E-state index contributed by atoms with van der Waals surface area (Å²) in [4.78, 5) is 5.26. The number of nitrogens with two attached hydrogens (primary N) is 1. The van der Waals surface area contributed by atoms with E-state index in [-0.39, 0.29) is 6.04 Å². The fourth-order valence-corrected chi connectivity index (χ4v) is 2.36. The van der Waals surface area contributed by atoms with Gasteiger partial charge >= 0.3 is 0 Å². The van der Waals surface area contributed by atoms with Crippen LogP contribution in [0.15, 0.2) is 12.4 Å². The Morgan fingerprint density at radius 2 is 2.31 bits per heavy atom. The minimum atomic E-state index is -0.173. The van der Waals surface area contributed by atoms with E-state index in [2.05, 4.69) is 22.2 Å². The molecule has 1 atom stereocenters. The van der Waals surface area contributed by atoms with Crippen LogP contribution in [0.25, 0.3) is 0 Å². The molecule has 0 saturated heterocycles. The lowest BCUT2D eigenvalue weighted by Gasteiger charge is -2.10. The SMILES string of the molecule is CCCn1nncc1C(N)c1cnc(C)s1. The van der Waals surface area contributed by atoms with Gasteiger partial charge in [-0.05, 0) is 13.3 Å². The molecular weight excluding hydrogens is 222 g/mol. The van der Waals surface area contributed by atoms with Crippen molar-refractivity contribution in [2.45, 2.75) is 32.9 Å². The third kappa shape index (κ3) is 2.12. The average molecular weight is 237 g/mol. The first kappa shape index (κ1) is 11.2. The Balaban J connectivity index is 2.26. The van der Waals surface area contributed by atoms with Crippen LogP contribution in [-0.4, -0.2) is 20.0 Å². The van der Waals surface area contributed by atoms with Crippen LogP contribution in [0.1, 0.15) is 35.0 Å². The van der Waals surface area contributed by atoms with E-state index >= 15 is 0 Å². The number of hydrogen-bond acceptors (Lipinski definition) is 5. The molecule has 0 aliphatic rings. The molecule has 2 rings (SSSR count). The minimum Gasteiger partial charge on any atom is -0.318 e. The highest BCUT2D eigenvalue weighted by atomic mass is 32.1. The molecule has 0 spiro atoms. The van der Waals surface area contributed by atoms with Crippen molar-refractivity contribution < 1.29 is 0 Å². The van der Waals surface area contributed by atoms with E-state index in [0.717, 1.165) is 28.5 Å². The minimum absolute atomic E-state index is 0.173. The Morgan fingerprint density at radius 1 is 1.50 bits per heavy atom. The summed E-state index contributed by atoms with van der Waals surface area (Å²) in [6, 6.07) is -0.173. The number of nitrogens with zero attached hydrogens (tertiary/aromatic N) is 4. The van der Waals surface area contributed by atoms with Gasteiger partial charge in [0, 0.05) is 17.6 Å². The quantitative estimate of drug-likeness (QED) is 0.875. The van der Waals surface area contributed by atoms with Crippen molar-refractivity contribution in [3.63, 3.8) is 0 Å². The molecule has 0 saturated carbocycles. The molecule has 0 aliphatic carbocycles. The second kappa shape index (κ2) is 4.71. The first-order chi connectivity index (χ1) is 7.72. The molecule has 2 aromatic rings. The van der Waals surface area contributed by atoms with E-state index in [1.54, 1.807) is 17.5 Å². The Bertz CT molecular complexity index is 461.